The van der Waals surface area contributed by atoms with Gasteiger partial charge in [0, 0.05) is 38.8 Å². The van der Waals surface area contributed by atoms with Crippen LogP contribution in [-0.4, -0.2) is 77.5 Å². The molecule has 1 aromatic rings. The zero-order valence-corrected chi connectivity index (χ0v) is 17.1. The van der Waals surface area contributed by atoms with Crippen LogP contribution in [0.3, 0.4) is 0 Å². The third-order valence-corrected chi connectivity index (χ3v) is 6.44. The monoisotopic (exact) mass is 401 g/mol. The molecule has 9 nitrogen and oxygen atoms in total. The SMILES string of the molecule is COc1cc(C(=O)NC2CCN(S(=O)(=O)N(C)C)CC2)cc(OC)c1OC. The Hall–Kier alpha value is -2.04. The highest BCUT2D eigenvalue weighted by Gasteiger charge is 2.30. The summed E-state index contributed by atoms with van der Waals surface area (Å²) < 4.78 is 42.7. The van der Waals surface area contributed by atoms with Crippen molar-refractivity contribution in [2.45, 2.75) is 18.9 Å². The maximum atomic E-state index is 12.6. The molecule has 1 aliphatic rings. The van der Waals surface area contributed by atoms with Gasteiger partial charge in [0.25, 0.3) is 16.1 Å². The average molecular weight is 401 g/mol. The maximum Gasteiger partial charge on any atom is 0.281 e. The van der Waals surface area contributed by atoms with Crippen LogP contribution in [0.5, 0.6) is 17.2 Å². The van der Waals surface area contributed by atoms with E-state index in [1.807, 2.05) is 0 Å². The van der Waals surface area contributed by atoms with Gasteiger partial charge in [0.05, 0.1) is 21.3 Å². The van der Waals surface area contributed by atoms with E-state index in [1.165, 1.54) is 44.0 Å². The number of methoxy groups -OCH3 is 3. The smallest absolute Gasteiger partial charge is 0.281 e. The van der Waals surface area contributed by atoms with Crippen LogP contribution in [-0.2, 0) is 10.2 Å². The van der Waals surface area contributed by atoms with Gasteiger partial charge in [-0.15, -0.1) is 0 Å². The van der Waals surface area contributed by atoms with Crippen LogP contribution in [0, 0.1) is 0 Å². The number of hydrogen-bond acceptors (Lipinski definition) is 6. The minimum absolute atomic E-state index is 0.106. The molecule has 1 heterocycles. The van der Waals surface area contributed by atoms with Gasteiger partial charge in [-0.2, -0.15) is 17.0 Å². The lowest BCUT2D eigenvalue weighted by atomic mass is 10.1. The Morgan fingerprint density at radius 3 is 2.00 bits per heavy atom. The summed E-state index contributed by atoms with van der Waals surface area (Å²) in [6.45, 7) is 0.724. The number of amides is 1. The summed E-state index contributed by atoms with van der Waals surface area (Å²) in [5, 5.41) is 2.95. The maximum absolute atomic E-state index is 12.6. The fourth-order valence-electron chi connectivity index (χ4n) is 2.94. The van der Waals surface area contributed by atoms with Gasteiger partial charge in [-0.1, -0.05) is 0 Å². The topological polar surface area (TPSA) is 97.4 Å². The molecule has 0 aromatic heterocycles. The summed E-state index contributed by atoms with van der Waals surface area (Å²) in [6, 6.07) is 3.06. The van der Waals surface area contributed by atoms with E-state index >= 15 is 0 Å². The second-order valence-electron chi connectivity index (χ2n) is 6.35. The standard InChI is InChI=1S/C17H27N3O6S/c1-19(2)27(22,23)20-8-6-13(7-9-20)18-17(21)12-10-14(24-3)16(26-5)15(11-12)25-4/h10-11,13H,6-9H2,1-5H3,(H,18,21). The Morgan fingerprint density at radius 2 is 1.59 bits per heavy atom. The normalized spacial score (nSPS) is 16.2. The van der Waals surface area contributed by atoms with E-state index in [4.69, 9.17) is 14.2 Å². The molecule has 1 fully saturated rings. The number of carbonyl (C=O) groups is 1. The lowest BCUT2D eigenvalue weighted by Gasteiger charge is -2.33. The first-order valence-corrected chi connectivity index (χ1v) is 9.92. The van der Waals surface area contributed by atoms with Gasteiger partial charge >= 0.3 is 0 Å². The average Bonchev–Trinajstić information content (AvgIpc) is 2.66. The summed E-state index contributed by atoms with van der Waals surface area (Å²) in [4.78, 5) is 12.6. The molecule has 0 saturated carbocycles. The minimum Gasteiger partial charge on any atom is -0.493 e. The highest BCUT2D eigenvalue weighted by molar-refractivity contribution is 7.86. The largest absolute Gasteiger partial charge is 0.493 e. The number of rotatable bonds is 7. The molecule has 1 N–H and O–H groups in total. The van der Waals surface area contributed by atoms with Crippen LogP contribution in [0.15, 0.2) is 12.1 Å². The van der Waals surface area contributed by atoms with E-state index in [9.17, 15) is 13.2 Å². The van der Waals surface area contributed by atoms with Gasteiger partial charge in [-0.3, -0.25) is 4.79 Å². The fraction of sp³-hybridized carbons (Fsp3) is 0.588. The summed E-state index contributed by atoms with van der Waals surface area (Å²) in [5.74, 6) is 0.935. The van der Waals surface area contributed by atoms with Crippen LogP contribution in [0.2, 0.25) is 0 Å². The number of benzene rings is 1. The van der Waals surface area contributed by atoms with Crippen LogP contribution in [0.25, 0.3) is 0 Å². The van der Waals surface area contributed by atoms with Gasteiger partial charge in [-0.25, -0.2) is 0 Å². The third-order valence-electron chi connectivity index (χ3n) is 4.50. The highest BCUT2D eigenvalue weighted by Crippen LogP contribution is 2.38. The van der Waals surface area contributed by atoms with E-state index in [0.29, 0.717) is 48.7 Å². The Labute approximate surface area is 160 Å². The number of nitrogens with zero attached hydrogens (tertiary/aromatic N) is 2. The molecule has 0 aliphatic carbocycles. The molecule has 1 amide bonds. The van der Waals surface area contributed by atoms with Gasteiger partial charge < -0.3 is 19.5 Å². The third kappa shape index (κ3) is 4.63. The molecule has 152 valence electrons. The molecule has 1 saturated heterocycles. The Kier molecular flexibility index (Phi) is 6.90. The zero-order valence-electron chi connectivity index (χ0n) is 16.3. The van der Waals surface area contributed by atoms with E-state index in [2.05, 4.69) is 5.32 Å². The first-order chi connectivity index (χ1) is 12.7. The molecular formula is C17H27N3O6S. The van der Waals surface area contributed by atoms with Crippen LogP contribution in [0.1, 0.15) is 23.2 Å². The predicted octanol–water partition coefficient (Wildman–Crippen LogP) is 0.713. The fourth-order valence-corrected chi connectivity index (χ4v) is 4.08. The first-order valence-electron chi connectivity index (χ1n) is 8.53. The van der Waals surface area contributed by atoms with Crippen molar-refractivity contribution in [2.24, 2.45) is 0 Å². The van der Waals surface area contributed by atoms with Crippen molar-refractivity contribution in [2.75, 3.05) is 48.5 Å². The van der Waals surface area contributed by atoms with Gasteiger partial charge in [0.1, 0.15) is 0 Å². The lowest BCUT2D eigenvalue weighted by molar-refractivity contribution is 0.0922. The summed E-state index contributed by atoms with van der Waals surface area (Å²) in [5.41, 5.74) is 0.382. The van der Waals surface area contributed by atoms with E-state index in [1.54, 1.807) is 12.1 Å². The van der Waals surface area contributed by atoms with Crippen molar-refractivity contribution >= 4 is 16.1 Å². The van der Waals surface area contributed by atoms with Crippen molar-refractivity contribution in [3.63, 3.8) is 0 Å². The van der Waals surface area contributed by atoms with Crippen LogP contribution >= 0.6 is 0 Å². The van der Waals surface area contributed by atoms with Crippen molar-refractivity contribution < 1.29 is 27.4 Å². The van der Waals surface area contributed by atoms with Crippen LogP contribution < -0.4 is 19.5 Å². The van der Waals surface area contributed by atoms with Crippen molar-refractivity contribution in [3.05, 3.63) is 17.7 Å². The van der Waals surface area contributed by atoms with Crippen molar-refractivity contribution in [3.8, 4) is 17.2 Å². The molecule has 0 atom stereocenters. The zero-order chi connectivity index (χ0) is 20.2. The number of hydrogen-bond donors (Lipinski definition) is 1. The molecule has 0 bridgehead atoms. The van der Waals surface area contributed by atoms with Crippen molar-refractivity contribution in [1.82, 2.24) is 13.9 Å². The van der Waals surface area contributed by atoms with E-state index in [-0.39, 0.29) is 11.9 Å². The van der Waals surface area contributed by atoms with E-state index in [0.717, 1.165) is 0 Å². The number of piperidine rings is 1. The van der Waals surface area contributed by atoms with Gasteiger partial charge in [-0.05, 0) is 25.0 Å². The summed E-state index contributed by atoms with van der Waals surface area (Å²) in [7, 11) is 4.06. The van der Waals surface area contributed by atoms with Crippen molar-refractivity contribution in [1.29, 1.82) is 0 Å². The molecule has 1 aromatic carbocycles. The summed E-state index contributed by atoms with van der Waals surface area (Å²) in [6.07, 6.45) is 1.09. The molecule has 1 aliphatic heterocycles. The Balaban J connectivity index is 2.07. The number of nitrogens with one attached hydrogen (secondary N) is 1. The minimum atomic E-state index is -3.42. The van der Waals surface area contributed by atoms with Gasteiger partial charge in [0.2, 0.25) is 5.75 Å². The molecule has 0 spiro atoms. The number of carbonyl (C=O) groups excluding carboxylic acids is 1. The number of ether oxygens (including phenoxy) is 3. The Bertz CT molecular complexity index is 748. The molecule has 0 unspecified atom stereocenters. The van der Waals surface area contributed by atoms with E-state index < -0.39 is 10.2 Å². The lowest BCUT2D eigenvalue weighted by Crippen LogP contribution is -2.49. The quantitative estimate of drug-likeness (QED) is 0.723. The second-order valence-corrected chi connectivity index (χ2v) is 8.49. The van der Waals surface area contributed by atoms with Gasteiger partial charge in [0.15, 0.2) is 11.5 Å². The Morgan fingerprint density at radius 1 is 1.07 bits per heavy atom. The molecule has 0 radical (unpaired) electrons. The predicted molar refractivity (Wildman–Crippen MR) is 101 cm³/mol. The van der Waals surface area contributed by atoms with Crippen LogP contribution in [0.4, 0.5) is 0 Å². The molecule has 2 rings (SSSR count). The second kappa shape index (κ2) is 8.77. The molecule has 10 heteroatoms. The molecular weight excluding hydrogens is 374 g/mol. The molecule has 27 heavy (non-hydrogen) atoms. The first kappa shape index (κ1) is 21.3. The highest BCUT2D eigenvalue weighted by atomic mass is 32.2. The summed E-state index contributed by atoms with van der Waals surface area (Å²) >= 11 is 0.